The molecule has 106 valence electrons. The standard InChI is InChI=1S/C13H18BrClN2O2/c1-9(18)8-17(2)13(19)16-6-5-10-7-11(15)3-4-12(10)14/h3-4,7,9,18H,5-6,8H2,1-2H3,(H,16,19)/t9-/m1/s1. The second-order valence-corrected chi connectivity index (χ2v) is 5.74. The Kier molecular flexibility index (Phi) is 6.62. The highest BCUT2D eigenvalue weighted by Gasteiger charge is 2.10. The molecule has 0 bridgehead atoms. The minimum Gasteiger partial charge on any atom is -0.392 e. The van der Waals surface area contributed by atoms with Gasteiger partial charge in [-0.25, -0.2) is 4.79 Å². The summed E-state index contributed by atoms with van der Waals surface area (Å²) in [7, 11) is 1.65. The summed E-state index contributed by atoms with van der Waals surface area (Å²) in [6.45, 7) is 2.47. The number of benzene rings is 1. The van der Waals surface area contributed by atoms with E-state index in [-0.39, 0.29) is 6.03 Å². The van der Waals surface area contributed by atoms with Gasteiger partial charge in [0.25, 0.3) is 0 Å². The largest absolute Gasteiger partial charge is 0.392 e. The third-order valence-electron chi connectivity index (χ3n) is 2.56. The Labute approximate surface area is 126 Å². The molecule has 1 aromatic rings. The lowest BCUT2D eigenvalue weighted by atomic mass is 10.1. The van der Waals surface area contributed by atoms with Crippen LogP contribution in [0.5, 0.6) is 0 Å². The summed E-state index contributed by atoms with van der Waals surface area (Å²) in [4.78, 5) is 13.1. The Balaban J connectivity index is 2.41. The number of urea groups is 1. The minimum atomic E-state index is -0.530. The zero-order valence-electron chi connectivity index (χ0n) is 11.0. The Hall–Kier alpha value is -0.780. The van der Waals surface area contributed by atoms with Crippen molar-refractivity contribution in [3.05, 3.63) is 33.3 Å². The zero-order chi connectivity index (χ0) is 14.4. The molecule has 0 aliphatic rings. The summed E-state index contributed by atoms with van der Waals surface area (Å²) < 4.78 is 0.975. The highest BCUT2D eigenvalue weighted by Crippen LogP contribution is 2.21. The SMILES string of the molecule is C[C@@H](O)CN(C)C(=O)NCCc1cc(Cl)ccc1Br. The van der Waals surface area contributed by atoms with Gasteiger partial charge in [-0.05, 0) is 37.1 Å². The molecule has 0 saturated carbocycles. The molecule has 19 heavy (non-hydrogen) atoms. The molecule has 1 atom stereocenters. The molecule has 0 heterocycles. The van der Waals surface area contributed by atoms with Crippen LogP contribution >= 0.6 is 27.5 Å². The van der Waals surface area contributed by atoms with Crippen LogP contribution in [0.1, 0.15) is 12.5 Å². The molecule has 0 aliphatic carbocycles. The van der Waals surface area contributed by atoms with Crippen molar-refractivity contribution < 1.29 is 9.90 Å². The molecule has 1 rings (SSSR count). The predicted octanol–water partition coefficient (Wildman–Crippen LogP) is 2.67. The minimum absolute atomic E-state index is 0.195. The van der Waals surface area contributed by atoms with Crippen molar-refractivity contribution in [1.82, 2.24) is 10.2 Å². The number of amides is 2. The van der Waals surface area contributed by atoms with E-state index in [1.54, 1.807) is 14.0 Å². The Morgan fingerprint density at radius 2 is 2.26 bits per heavy atom. The maximum atomic E-state index is 11.7. The fourth-order valence-electron chi connectivity index (χ4n) is 1.65. The van der Waals surface area contributed by atoms with Gasteiger partial charge in [0.1, 0.15) is 0 Å². The number of rotatable bonds is 5. The average molecular weight is 350 g/mol. The summed E-state index contributed by atoms with van der Waals surface area (Å²) in [5.74, 6) is 0. The molecular weight excluding hydrogens is 332 g/mol. The molecule has 0 radical (unpaired) electrons. The van der Waals surface area contributed by atoms with Crippen molar-refractivity contribution in [3.8, 4) is 0 Å². The van der Waals surface area contributed by atoms with Crippen molar-refractivity contribution in [2.24, 2.45) is 0 Å². The first-order valence-electron chi connectivity index (χ1n) is 6.01. The lowest BCUT2D eigenvalue weighted by Crippen LogP contribution is -2.41. The number of likely N-dealkylation sites (N-methyl/N-ethyl adjacent to an activating group) is 1. The van der Waals surface area contributed by atoms with E-state index in [0.717, 1.165) is 10.0 Å². The summed E-state index contributed by atoms with van der Waals surface area (Å²) in [5, 5.41) is 12.7. The van der Waals surface area contributed by atoms with E-state index in [1.165, 1.54) is 4.90 Å². The van der Waals surface area contributed by atoms with Gasteiger partial charge in [-0.3, -0.25) is 0 Å². The summed E-state index contributed by atoms with van der Waals surface area (Å²) in [6.07, 6.45) is 0.160. The van der Waals surface area contributed by atoms with Crippen molar-refractivity contribution in [2.75, 3.05) is 20.1 Å². The first-order chi connectivity index (χ1) is 8.90. The molecule has 0 aromatic heterocycles. The molecule has 0 fully saturated rings. The maximum absolute atomic E-state index is 11.7. The number of halogens is 2. The second kappa shape index (κ2) is 7.72. The first kappa shape index (κ1) is 16.3. The van der Waals surface area contributed by atoms with Gasteiger partial charge in [0, 0.05) is 29.6 Å². The first-order valence-corrected chi connectivity index (χ1v) is 7.18. The van der Waals surface area contributed by atoms with Crippen LogP contribution < -0.4 is 5.32 Å². The van der Waals surface area contributed by atoms with Crippen LogP contribution in [-0.2, 0) is 6.42 Å². The molecule has 4 nitrogen and oxygen atoms in total. The number of nitrogens with zero attached hydrogens (tertiary/aromatic N) is 1. The van der Waals surface area contributed by atoms with Gasteiger partial charge in [0.15, 0.2) is 0 Å². The van der Waals surface area contributed by atoms with Crippen LogP contribution in [0.15, 0.2) is 22.7 Å². The summed E-state index contributed by atoms with van der Waals surface area (Å²) >= 11 is 9.37. The molecule has 0 saturated heterocycles. The van der Waals surface area contributed by atoms with Crippen molar-refractivity contribution >= 4 is 33.6 Å². The smallest absolute Gasteiger partial charge is 0.317 e. The quantitative estimate of drug-likeness (QED) is 0.858. The van der Waals surface area contributed by atoms with E-state index >= 15 is 0 Å². The van der Waals surface area contributed by atoms with Gasteiger partial charge < -0.3 is 15.3 Å². The number of aliphatic hydroxyl groups is 1. The molecule has 2 N–H and O–H groups in total. The highest BCUT2D eigenvalue weighted by molar-refractivity contribution is 9.10. The van der Waals surface area contributed by atoms with Crippen LogP contribution in [0, 0.1) is 0 Å². The average Bonchev–Trinajstić information content (AvgIpc) is 2.32. The summed E-state index contributed by atoms with van der Waals surface area (Å²) in [6, 6.07) is 5.37. The van der Waals surface area contributed by atoms with Gasteiger partial charge >= 0.3 is 6.03 Å². The van der Waals surface area contributed by atoms with E-state index in [2.05, 4.69) is 21.2 Å². The third kappa shape index (κ3) is 5.80. The predicted molar refractivity (Wildman–Crippen MR) is 80.6 cm³/mol. The van der Waals surface area contributed by atoms with E-state index in [4.69, 9.17) is 11.6 Å². The molecule has 1 aromatic carbocycles. The van der Waals surface area contributed by atoms with Crippen LogP contribution in [0.4, 0.5) is 4.79 Å². The second-order valence-electron chi connectivity index (χ2n) is 4.45. The molecule has 2 amide bonds. The fourth-order valence-corrected chi connectivity index (χ4v) is 2.29. The van der Waals surface area contributed by atoms with Crippen LogP contribution in [-0.4, -0.2) is 42.3 Å². The van der Waals surface area contributed by atoms with E-state index in [9.17, 15) is 9.90 Å². The van der Waals surface area contributed by atoms with Crippen LogP contribution in [0.25, 0.3) is 0 Å². The number of hydrogen-bond acceptors (Lipinski definition) is 2. The zero-order valence-corrected chi connectivity index (χ0v) is 13.3. The van der Waals surface area contributed by atoms with Crippen LogP contribution in [0.2, 0.25) is 5.02 Å². The van der Waals surface area contributed by atoms with Crippen molar-refractivity contribution in [1.29, 1.82) is 0 Å². The topological polar surface area (TPSA) is 52.6 Å². The Bertz CT molecular complexity index is 441. The number of hydrogen-bond donors (Lipinski definition) is 2. The Morgan fingerprint density at radius 3 is 2.89 bits per heavy atom. The number of carbonyl (C=O) groups is 1. The van der Waals surface area contributed by atoms with Crippen LogP contribution in [0.3, 0.4) is 0 Å². The lowest BCUT2D eigenvalue weighted by molar-refractivity contribution is 0.144. The summed E-state index contributed by atoms with van der Waals surface area (Å²) in [5.41, 5.74) is 1.05. The number of carbonyl (C=O) groups excluding carboxylic acids is 1. The fraction of sp³-hybridized carbons (Fsp3) is 0.462. The van der Waals surface area contributed by atoms with Gasteiger partial charge in [-0.15, -0.1) is 0 Å². The van der Waals surface area contributed by atoms with Crippen molar-refractivity contribution in [2.45, 2.75) is 19.4 Å². The lowest BCUT2D eigenvalue weighted by Gasteiger charge is -2.19. The Morgan fingerprint density at radius 1 is 1.58 bits per heavy atom. The van der Waals surface area contributed by atoms with Gasteiger partial charge in [0.2, 0.25) is 0 Å². The number of aliphatic hydroxyl groups excluding tert-OH is 1. The normalized spacial score (nSPS) is 12.1. The molecular formula is C13H18BrClN2O2. The molecule has 6 heteroatoms. The third-order valence-corrected chi connectivity index (χ3v) is 3.57. The molecule has 0 aliphatic heterocycles. The van der Waals surface area contributed by atoms with Gasteiger partial charge in [-0.2, -0.15) is 0 Å². The van der Waals surface area contributed by atoms with Gasteiger partial charge in [-0.1, -0.05) is 27.5 Å². The number of nitrogens with one attached hydrogen (secondary N) is 1. The molecule has 0 unspecified atom stereocenters. The maximum Gasteiger partial charge on any atom is 0.317 e. The van der Waals surface area contributed by atoms with E-state index in [1.807, 2.05) is 18.2 Å². The van der Waals surface area contributed by atoms with Gasteiger partial charge in [0.05, 0.1) is 6.10 Å². The van der Waals surface area contributed by atoms with E-state index < -0.39 is 6.10 Å². The highest BCUT2D eigenvalue weighted by atomic mass is 79.9. The van der Waals surface area contributed by atoms with E-state index in [0.29, 0.717) is 24.5 Å². The van der Waals surface area contributed by atoms with Crippen molar-refractivity contribution in [3.63, 3.8) is 0 Å². The monoisotopic (exact) mass is 348 g/mol. The molecule has 0 spiro atoms.